The summed E-state index contributed by atoms with van der Waals surface area (Å²) in [4.78, 5) is 14.6. The summed E-state index contributed by atoms with van der Waals surface area (Å²) >= 11 is 0. The molecule has 1 saturated carbocycles. The smallest absolute Gasteiger partial charge is 0.242 e. The summed E-state index contributed by atoms with van der Waals surface area (Å²) in [6, 6.07) is 0. The first-order chi connectivity index (χ1) is 9.05. The maximum atomic E-state index is 12.7. The third kappa shape index (κ3) is 3.48. The second-order valence-corrected chi connectivity index (χ2v) is 6.34. The highest BCUT2D eigenvalue weighted by atomic mass is 16.5. The number of hydrogen-bond acceptors (Lipinski definition) is 3. The SMILES string of the molecule is CCN(CC1CCCO1)C(=O)C1(N)CCCC(C)C1. The lowest BCUT2D eigenvalue weighted by atomic mass is 9.76. The molecule has 110 valence electrons. The van der Waals surface area contributed by atoms with Crippen LogP contribution in [0.3, 0.4) is 0 Å². The first kappa shape index (κ1) is 14.8. The standard InChI is InChI=1S/C15H28N2O2/c1-3-17(11-13-7-5-9-19-13)14(18)15(16)8-4-6-12(2)10-15/h12-13H,3-11,16H2,1-2H3. The Kier molecular flexibility index (Phi) is 4.85. The van der Waals surface area contributed by atoms with Crippen LogP contribution in [0, 0.1) is 5.92 Å². The minimum absolute atomic E-state index is 0.136. The highest BCUT2D eigenvalue weighted by molar-refractivity contribution is 5.86. The van der Waals surface area contributed by atoms with Crippen molar-refractivity contribution in [2.45, 2.75) is 64.0 Å². The number of carbonyl (C=O) groups excluding carboxylic acids is 1. The first-order valence-electron chi connectivity index (χ1n) is 7.75. The highest BCUT2D eigenvalue weighted by Gasteiger charge is 2.40. The number of hydrogen-bond donors (Lipinski definition) is 1. The monoisotopic (exact) mass is 268 g/mol. The van der Waals surface area contributed by atoms with E-state index in [1.165, 1.54) is 6.42 Å². The molecular formula is C15H28N2O2. The zero-order valence-corrected chi connectivity index (χ0v) is 12.4. The lowest BCUT2D eigenvalue weighted by molar-refractivity contribution is -0.140. The normalized spacial score (nSPS) is 35.3. The van der Waals surface area contributed by atoms with Crippen LogP contribution in [0.25, 0.3) is 0 Å². The van der Waals surface area contributed by atoms with Crippen molar-refractivity contribution < 1.29 is 9.53 Å². The molecule has 3 unspecified atom stereocenters. The van der Waals surface area contributed by atoms with Gasteiger partial charge in [0.1, 0.15) is 0 Å². The van der Waals surface area contributed by atoms with Crippen LogP contribution >= 0.6 is 0 Å². The zero-order valence-electron chi connectivity index (χ0n) is 12.4. The number of carbonyl (C=O) groups is 1. The Morgan fingerprint density at radius 2 is 2.21 bits per heavy atom. The van der Waals surface area contributed by atoms with Crippen LogP contribution in [-0.2, 0) is 9.53 Å². The van der Waals surface area contributed by atoms with Gasteiger partial charge >= 0.3 is 0 Å². The zero-order chi connectivity index (χ0) is 13.9. The molecule has 0 radical (unpaired) electrons. The maximum absolute atomic E-state index is 12.7. The van der Waals surface area contributed by atoms with Gasteiger partial charge in [0.2, 0.25) is 5.91 Å². The molecule has 1 aliphatic carbocycles. The third-order valence-electron chi connectivity index (χ3n) is 4.58. The lowest BCUT2D eigenvalue weighted by Gasteiger charge is -2.39. The molecule has 19 heavy (non-hydrogen) atoms. The van der Waals surface area contributed by atoms with Crippen molar-refractivity contribution >= 4 is 5.91 Å². The summed E-state index contributed by atoms with van der Waals surface area (Å²) in [5.41, 5.74) is 5.78. The summed E-state index contributed by atoms with van der Waals surface area (Å²) in [5, 5.41) is 0. The number of amides is 1. The van der Waals surface area contributed by atoms with E-state index in [1.807, 2.05) is 11.8 Å². The number of nitrogens with zero attached hydrogens (tertiary/aromatic N) is 1. The van der Waals surface area contributed by atoms with Crippen LogP contribution in [0.15, 0.2) is 0 Å². The molecule has 0 aromatic rings. The van der Waals surface area contributed by atoms with Crippen molar-refractivity contribution in [3.8, 4) is 0 Å². The highest BCUT2D eigenvalue weighted by Crippen LogP contribution is 2.32. The number of likely N-dealkylation sites (N-methyl/N-ethyl adjacent to an activating group) is 1. The van der Waals surface area contributed by atoms with E-state index in [0.717, 1.165) is 45.3 Å². The summed E-state index contributed by atoms with van der Waals surface area (Å²) < 4.78 is 5.64. The minimum Gasteiger partial charge on any atom is -0.376 e. The molecule has 2 fully saturated rings. The predicted molar refractivity (Wildman–Crippen MR) is 75.8 cm³/mol. The summed E-state index contributed by atoms with van der Waals surface area (Å²) in [6.45, 7) is 6.50. The lowest BCUT2D eigenvalue weighted by Crippen LogP contribution is -2.58. The molecule has 1 saturated heterocycles. The molecule has 0 bridgehead atoms. The molecule has 4 heteroatoms. The van der Waals surface area contributed by atoms with E-state index in [0.29, 0.717) is 12.5 Å². The molecule has 1 heterocycles. The van der Waals surface area contributed by atoms with E-state index < -0.39 is 5.54 Å². The average molecular weight is 268 g/mol. The molecule has 2 aliphatic rings. The number of nitrogens with two attached hydrogens (primary N) is 1. The van der Waals surface area contributed by atoms with E-state index in [4.69, 9.17) is 10.5 Å². The Hall–Kier alpha value is -0.610. The molecule has 4 nitrogen and oxygen atoms in total. The van der Waals surface area contributed by atoms with Crippen molar-refractivity contribution in [1.82, 2.24) is 4.90 Å². The fourth-order valence-electron chi connectivity index (χ4n) is 3.49. The number of ether oxygens (including phenoxy) is 1. The molecule has 1 amide bonds. The van der Waals surface area contributed by atoms with Gasteiger partial charge in [0.05, 0.1) is 11.6 Å². The van der Waals surface area contributed by atoms with Gasteiger partial charge in [-0.15, -0.1) is 0 Å². The average Bonchev–Trinajstić information content (AvgIpc) is 2.87. The van der Waals surface area contributed by atoms with Crippen LogP contribution < -0.4 is 5.73 Å². The van der Waals surface area contributed by atoms with Crippen LogP contribution in [-0.4, -0.2) is 42.1 Å². The topological polar surface area (TPSA) is 55.6 Å². The van der Waals surface area contributed by atoms with E-state index in [-0.39, 0.29) is 12.0 Å². The molecule has 0 aromatic carbocycles. The van der Waals surface area contributed by atoms with Gasteiger partial charge in [0, 0.05) is 19.7 Å². The quantitative estimate of drug-likeness (QED) is 0.847. The number of rotatable bonds is 4. The molecule has 0 spiro atoms. The van der Waals surface area contributed by atoms with Gasteiger partial charge in [-0.05, 0) is 38.5 Å². The fraction of sp³-hybridized carbons (Fsp3) is 0.933. The third-order valence-corrected chi connectivity index (χ3v) is 4.58. The van der Waals surface area contributed by atoms with E-state index in [1.54, 1.807) is 0 Å². The molecule has 0 aromatic heterocycles. The van der Waals surface area contributed by atoms with E-state index >= 15 is 0 Å². The minimum atomic E-state index is -0.633. The van der Waals surface area contributed by atoms with Crippen LogP contribution in [0.5, 0.6) is 0 Å². The molecule has 1 aliphatic heterocycles. The molecular weight excluding hydrogens is 240 g/mol. The van der Waals surface area contributed by atoms with E-state index in [2.05, 4.69) is 6.92 Å². The Balaban J connectivity index is 1.98. The summed E-state index contributed by atoms with van der Waals surface area (Å²) in [7, 11) is 0. The molecule has 2 N–H and O–H groups in total. The van der Waals surface area contributed by atoms with Crippen LogP contribution in [0.2, 0.25) is 0 Å². The largest absolute Gasteiger partial charge is 0.376 e. The first-order valence-corrected chi connectivity index (χ1v) is 7.75. The second kappa shape index (κ2) is 6.23. The molecule has 3 atom stereocenters. The van der Waals surface area contributed by atoms with Crippen molar-refractivity contribution in [3.63, 3.8) is 0 Å². The van der Waals surface area contributed by atoms with Crippen molar-refractivity contribution in [3.05, 3.63) is 0 Å². The van der Waals surface area contributed by atoms with Gasteiger partial charge in [0.25, 0.3) is 0 Å². The van der Waals surface area contributed by atoms with Gasteiger partial charge in [-0.3, -0.25) is 4.79 Å². The van der Waals surface area contributed by atoms with Gasteiger partial charge < -0.3 is 15.4 Å². The Bertz CT molecular complexity index is 315. The fourth-order valence-corrected chi connectivity index (χ4v) is 3.49. The van der Waals surface area contributed by atoms with Gasteiger partial charge in [-0.25, -0.2) is 0 Å². The van der Waals surface area contributed by atoms with Crippen LogP contribution in [0.1, 0.15) is 52.4 Å². The molecule has 2 rings (SSSR count). The van der Waals surface area contributed by atoms with Crippen LogP contribution in [0.4, 0.5) is 0 Å². The van der Waals surface area contributed by atoms with Crippen molar-refractivity contribution in [2.24, 2.45) is 11.7 Å². The Morgan fingerprint density at radius 1 is 1.42 bits per heavy atom. The Labute approximate surface area is 116 Å². The predicted octanol–water partition coefficient (Wildman–Crippen LogP) is 1.92. The van der Waals surface area contributed by atoms with Gasteiger partial charge in [-0.1, -0.05) is 19.8 Å². The van der Waals surface area contributed by atoms with Gasteiger partial charge in [0.15, 0.2) is 0 Å². The van der Waals surface area contributed by atoms with E-state index in [9.17, 15) is 4.79 Å². The maximum Gasteiger partial charge on any atom is 0.242 e. The Morgan fingerprint density at radius 3 is 2.79 bits per heavy atom. The second-order valence-electron chi connectivity index (χ2n) is 6.34. The summed E-state index contributed by atoms with van der Waals surface area (Å²) in [6.07, 6.45) is 6.32. The summed E-state index contributed by atoms with van der Waals surface area (Å²) in [5.74, 6) is 0.696. The van der Waals surface area contributed by atoms with Gasteiger partial charge in [-0.2, -0.15) is 0 Å². The van der Waals surface area contributed by atoms with Crippen molar-refractivity contribution in [2.75, 3.05) is 19.7 Å². The van der Waals surface area contributed by atoms with Crippen molar-refractivity contribution in [1.29, 1.82) is 0 Å².